The molecule has 0 aromatic carbocycles. The first-order chi connectivity index (χ1) is 6.35. The minimum atomic E-state index is -3.44. The summed E-state index contributed by atoms with van der Waals surface area (Å²) in [5.41, 5.74) is -0.0331. The summed E-state index contributed by atoms with van der Waals surface area (Å²) in [6.45, 7) is 3.07. The third-order valence-electron chi connectivity index (χ3n) is 1.80. The number of nitrogens with zero attached hydrogens (tertiary/aromatic N) is 1. The van der Waals surface area contributed by atoms with Crippen LogP contribution in [-0.4, -0.2) is 28.7 Å². The van der Waals surface area contributed by atoms with E-state index in [-0.39, 0.29) is 5.56 Å². The Hall–Kier alpha value is -1.30. The molecule has 1 N–H and O–H groups in total. The molecule has 6 heteroatoms. The number of aromatic nitrogens is 1. The molecule has 1 aromatic rings. The van der Waals surface area contributed by atoms with Gasteiger partial charge < -0.3 is 5.11 Å². The normalized spacial score (nSPS) is 11.9. The largest absolute Gasteiger partial charge is 0.478 e. The molecule has 0 saturated heterocycles. The van der Waals surface area contributed by atoms with E-state index in [1.807, 2.05) is 0 Å². The zero-order valence-corrected chi connectivity index (χ0v) is 8.65. The maximum atomic E-state index is 11.5. The molecule has 0 radical (unpaired) electrons. The highest BCUT2D eigenvalue weighted by molar-refractivity contribution is 7.90. The van der Waals surface area contributed by atoms with Gasteiger partial charge in [0.15, 0.2) is 0 Å². The van der Waals surface area contributed by atoms with Gasteiger partial charge in [-0.2, -0.15) is 0 Å². The molecule has 0 aliphatic heterocycles. The molecule has 0 spiro atoms. The smallest absolute Gasteiger partial charge is 0.337 e. The summed E-state index contributed by atoms with van der Waals surface area (Å²) in [5, 5.41) is 8.02. The van der Waals surface area contributed by atoms with E-state index >= 15 is 0 Å². The van der Waals surface area contributed by atoms with Gasteiger partial charge in [-0.25, -0.2) is 13.2 Å². The zero-order valence-electron chi connectivity index (χ0n) is 7.84. The molecule has 0 saturated carbocycles. The van der Waals surface area contributed by atoms with E-state index < -0.39 is 21.2 Å². The van der Waals surface area contributed by atoms with Crippen molar-refractivity contribution in [1.29, 1.82) is 0 Å². The van der Waals surface area contributed by atoms with Crippen LogP contribution < -0.4 is 0 Å². The summed E-state index contributed by atoms with van der Waals surface area (Å²) in [6.07, 6.45) is 2.33. The van der Waals surface area contributed by atoms with Gasteiger partial charge in [-0.05, 0) is 19.9 Å². The molecule has 0 fully saturated rings. The van der Waals surface area contributed by atoms with Crippen LogP contribution in [0.4, 0.5) is 0 Å². The minimum Gasteiger partial charge on any atom is -0.478 e. The molecule has 0 atom stereocenters. The van der Waals surface area contributed by atoms with Crippen LogP contribution in [0.1, 0.15) is 24.2 Å². The van der Waals surface area contributed by atoms with Crippen molar-refractivity contribution in [3.8, 4) is 0 Å². The Balaban J connectivity index is 3.16. The monoisotopic (exact) mass is 217 g/mol. The average Bonchev–Trinajstić information content (AvgIpc) is 2.51. The SMILES string of the molecule is CC(C)S(=O)(=O)n1ccc(C(=O)O)c1. The van der Waals surface area contributed by atoms with E-state index in [0.717, 1.165) is 10.2 Å². The minimum absolute atomic E-state index is 0.0331. The predicted octanol–water partition coefficient (Wildman–Crippen LogP) is 0.773. The van der Waals surface area contributed by atoms with E-state index in [9.17, 15) is 13.2 Å². The van der Waals surface area contributed by atoms with E-state index in [1.54, 1.807) is 0 Å². The van der Waals surface area contributed by atoms with Gasteiger partial charge in [-0.1, -0.05) is 0 Å². The number of rotatable bonds is 3. The molecular weight excluding hydrogens is 206 g/mol. The van der Waals surface area contributed by atoms with Crippen LogP contribution in [-0.2, 0) is 10.0 Å². The second-order valence-electron chi connectivity index (χ2n) is 3.13. The van der Waals surface area contributed by atoms with Gasteiger partial charge in [0.1, 0.15) is 0 Å². The number of carboxylic acids is 1. The number of hydrogen-bond acceptors (Lipinski definition) is 3. The molecule has 0 unspecified atom stereocenters. The highest BCUT2D eigenvalue weighted by Crippen LogP contribution is 2.09. The predicted molar refractivity (Wildman–Crippen MR) is 50.8 cm³/mol. The van der Waals surface area contributed by atoms with Crippen molar-refractivity contribution in [2.24, 2.45) is 0 Å². The van der Waals surface area contributed by atoms with E-state index in [4.69, 9.17) is 5.11 Å². The number of hydrogen-bond donors (Lipinski definition) is 1. The van der Waals surface area contributed by atoms with Crippen molar-refractivity contribution in [2.45, 2.75) is 19.1 Å². The molecule has 0 amide bonds. The zero-order chi connectivity index (χ0) is 10.9. The van der Waals surface area contributed by atoms with Gasteiger partial charge in [-0.3, -0.25) is 3.97 Å². The second-order valence-corrected chi connectivity index (χ2v) is 5.52. The summed E-state index contributed by atoms with van der Waals surface area (Å²) in [6, 6.07) is 1.25. The highest BCUT2D eigenvalue weighted by Gasteiger charge is 2.19. The molecular formula is C8H11NO4S. The highest BCUT2D eigenvalue weighted by atomic mass is 32.2. The molecule has 1 rings (SSSR count). The first kappa shape index (κ1) is 10.8. The van der Waals surface area contributed by atoms with Crippen molar-refractivity contribution in [3.05, 3.63) is 24.0 Å². The van der Waals surface area contributed by atoms with Gasteiger partial charge in [-0.15, -0.1) is 0 Å². The van der Waals surface area contributed by atoms with Gasteiger partial charge >= 0.3 is 5.97 Å². The summed E-state index contributed by atoms with van der Waals surface area (Å²) < 4.78 is 24.0. The standard InChI is InChI=1S/C8H11NO4S/c1-6(2)14(12,13)9-4-3-7(5-9)8(10)11/h3-6H,1-2H3,(H,10,11). The molecule has 0 aliphatic rings. The topological polar surface area (TPSA) is 76.4 Å². The summed E-state index contributed by atoms with van der Waals surface area (Å²) in [4.78, 5) is 10.5. The van der Waals surface area contributed by atoms with Crippen LogP contribution in [0.15, 0.2) is 18.5 Å². The molecule has 5 nitrogen and oxygen atoms in total. The van der Waals surface area contributed by atoms with Crippen LogP contribution in [0.2, 0.25) is 0 Å². The Morgan fingerprint density at radius 2 is 2.07 bits per heavy atom. The molecule has 1 heterocycles. The molecule has 14 heavy (non-hydrogen) atoms. The van der Waals surface area contributed by atoms with Crippen molar-refractivity contribution in [1.82, 2.24) is 3.97 Å². The molecule has 1 aromatic heterocycles. The quantitative estimate of drug-likeness (QED) is 0.811. The van der Waals surface area contributed by atoms with Gasteiger partial charge in [0, 0.05) is 12.4 Å². The molecule has 78 valence electrons. The van der Waals surface area contributed by atoms with Crippen molar-refractivity contribution in [3.63, 3.8) is 0 Å². The Morgan fingerprint density at radius 3 is 2.43 bits per heavy atom. The number of carbonyl (C=O) groups is 1. The lowest BCUT2D eigenvalue weighted by molar-refractivity contribution is 0.0697. The molecule has 0 bridgehead atoms. The van der Waals surface area contributed by atoms with Crippen molar-refractivity contribution in [2.75, 3.05) is 0 Å². The fourth-order valence-corrected chi connectivity index (χ4v) is 1.88. The van der Waals surface area contributed by atoms with Crippen LogP contribution >= 0.6 is 0 Å². The van der Waals surface area contributed by atoms with Crippen LogP contribution in [0, 0.1) is 0 Å². The first-order valence-corrected chi connectivity index (χ1v) is 5.51. The maximum absolute atomic E-state index is 11.5. The Bertz CT molecular complexity index is 444. The summed E-state index contributed by atoms with van der Waals surface area (Å²) >= 11 is 0. The van der Waals surface area contributed by atoms with E-state index in [1.165, 1.54) is 26.1 Å². The lowest BCUT2D eigenvalue weighted by Crippen LogP contribution is -2.21. The van der Waals surface area contributed by atoms with Crippen molar-refractivity contribution >= 4 is 16.0 Å². The van der Waals surface area contributed by atoms with Gasteiger partial charge in [0.05, 0.1) is 10.8 Å². The second kappa shape index (κ2) is 3.45. The summed E-state index contributed by atoms with van der Waals surface area (Å²) in [7, 11) is -3.44. The first-order valence-electron chi connectivity index (χ1n) is 4.01. The lowest BCUT2D eigenvalue weighted by atomic mass is 10.4. The lowest BCUT2D eigenvalue weighted by Gasteiger charge is -2.07. The fraction of sp³-hybridized carbons (Fsp3) is 0.375. The third-order valence-corrected chi connectivity index (χ3v) is 3.81. The van der Waals surface area contributed by atoms with Gasteiger partial charge in [0.2, 0.25) is 10.0 Å². The fourth-order valence-electron chi connectivity index (χ4n) is 0.905. The molecule has 0 aliphatic carbocycles. The van der Waals surface area contributed by atoms with Crippen LogP contribution in [0.3, 0.4) is 0 Å². The Labute approximate surface area is 82.0 Å². The van der Waals surface area contributed by atoms with E-state index in [2.05, 4.69) is 0 Å². The maximum Gasteiger partial charge on any atom is 0.337 e. The van der Waals surface area contributed by atoms with Crippen LogP contribution in [0.5, 0.6) is 0 Å². The number of carboxylic acid groups (broad SMARTS) is 1. The third kappa shape index (κ3) is 1.79. The average molecular weight is 217 g/mol. The Morgan fingerprint density at radius 1 is 1.50 bits per heavy atom. The van der Waals surface area contributed by atoms with Crippen molar-refractivity contribution < 1.29 is 18.3 Å². The van der Waals surface area contributed by atoms with Crippen LogP contribution in [0.25, 0.3) is 0 Å². The summed E-state index contributed by atoms with van der Waals surface area (Å²) in [5.74, 6) is -1.14. The van der Waals surface area contributed by atoms with E-state index in [0.29, 0.717) is 0 Å². The Kier molecular flexibility index (Phi) is 2.66. The number of aromatic carboxylic acids is 1. The van der Waals surface area contributed by atoms with Gasteiger partial charge in [0.25, 0.3) is 0 Å².